The van der Waals surface area contributed by atoms with E-state index in [1.54, 1.807) is 11.3 Å². The summed E-state index contributed by atoms with van der Waals surface area (Å²) in [6, 6.07) is 10.3. The van der Waals surface area contributed by atoms with Crippen molar-refractivity contribution >= 4 is 11.3 Å². The Kier molecular flexibility index (Phi) is 3.14. The average molecular weight is 218 g/mol. The van der Waals surface area contributed by atoms with Gasteiger partial charge in [-0.2, -0.15) is 0 Å². The standard InChI is InChI=1S/C12H14N2S/c1-2-10(13)12-14-11(8-15-12)9-6-4-3-5-7-9/h3-8,10H,2,13H2,1H3. The van der Waals surface area contributed by atoms with Crippen molar-refractivity contribution in [2.45, 2.75) is 19.4 Å². The van der Waals surface area contributed by atoms with Gasteiger partial charge in [0.15, 0.2) is 0 Å². The number of nitrogens with two attached hydrogens (primary N) is 1. The SMILES string of the molecule is CCC(N)c1nc(-c2ccccc2)cs1. The number of benzene rings is 1. The van der Waals surface area contributed by atoms with Crippen LogP contribution in [0.25, 0.3) is 11.3 Å². The van der Waals surface area contributed by atoms with Gasteiger partial charge in [-0.05, 0) is 6.42 Å². The normalized spacial score (nSPS) is 12.7. The van der Waals surface area contributed by atoms with Crippen LogP contribution in [0.3, 0.4) is 0 Å². The second-order valence-corrected chi connectivity index (χ2v) is 4.34. The van der Waals surface area contributed by atoms with Gasteiger partial charge in [-0.15, -0.1) is 11.3 Å². The molecule has 0 aliphatic carbocycles. The second kappa shape index (κ2) is 4.55. The summed E-state index contributed by atoms with van der Waals surface area (Å²) in [6.07, 6.45) is 0.932. The van der Waals surface area contributed by atoms with Crippen molar-refractivity contribution in [1.82, 2.24) is 4.98 Å². The Morgan fingerprint density at radius 2 is 2.07 bits per heavy atom. The van der Waals surface area contributed by atoms with Crippen molar-refractivity contribution in [3.05, 3.63) is 40.7 Å². The number of rotatable bonds is 3. The summed E-state index contributed by atoms with van der Waals surface area (Å²) in [5, 5.41) is 3.09. The molecule has 0 amide bonds. The highest BCUT2D eigenvalue weighted by Crippen LogP contribution is 2.25. The fraction of sp³-hybridized carbons (Fsp3) is 0.250. The van der Waals surface area contributed by atoms with E-state index in [0.29, 0.717) is 0 Å². The van der Waals surface area contributed by atoms with Crippen molar-refractivity contribution in [3.8, 4) is 11.3 Å². The quantitative estimate of drug-likeness (QED) is 0.859. The van der Waals surface area contributed by atoms with Crippen LogP contribution in [0, 0.1) is 0 Å². The Bertz CT molecular complexity index is 422. The summed E-state index contributed by atoms with van der Waals surface area (Å²) >= 11 is 1.64. The van der Waals surface area contributed by atoms with Crippen LogP contribution < -0.4 is 5.73 Å². The van der Waals surface area contributed by atoms with Crippen LogP contribution in [0.1, 0.15) is 24.4 Å². The zero-order chi connectivity index (χ0) is 10.7. The molecule has 3 heteroatoms. The van der Waals surface area contributed by atoms with E-state index in [2.05, 4.69) is 29.4 Å². The molecule has 1 atom stereocenters. The van der Waals surface area contributed by atoms with Gasteiger partial charge in [0.2, 0.25) is 0 Å². The topological polar surface area (TPSA) is 38.9 Å². The summed E-state index contributed by atoms with van der Waals surface area (Å²) in [7, 11) is 0. The van der Waals surface area contributed by atoms with Gasteiger partial charge < -0.3 is 5.73 Å². The second-order valence-electron chi connectivity index (χ2n) is 3.45. The van der Waals surface area contributed by atoms with E-state index in [1.165, 1.54) is 0 Å². The molecule has 2 nitrogen and oxygen atoms in total. The first-order chi connectivity index (χ1) is 7.31. The lowest BCUT2D eigenvalue weighted by Crippen LogP contribution is -2.07. The van der Waals surface area contributed by atoms with Gasteiger partial charge in [0, 0.05) is 10.9 Å². The number of hydrogen-bond donors (Lipinski definition) is 1. The number of nitrogens with zero attached hydrogens (tertiary/aromatic N) is 1. The minimum atomic E-state index is 0.0764. The third-order valence-corrected chi connectivity index (χ3v) is 3.33. The molecule has 0 saturated heterocycles. The van der Waals surface area contributed by atoms with Crippen molar-refractivity contribution in [2.24, 2.45) is 5.73 Å². The van der Waals surface area contributed by atoms with Crippen LogP contribution in [-0.2, 0) is 0 Å². The predicted octanol–water partition coefficient (Wildman–Crippen LogP) is 3.22. The lowest BCUT2D eigenvalue weighted by molar-refractivity contribution is 0.693. The van der Waals surface area contributed by atoms with Crippen molar-refractivity contribution in [2.75, 3.05) is 0 Å². The van der Waals surface area contributed by atoms with Gasteiger partial charge in [0.05, 0.1) is 11.7 Å². The molecule has 0 radical (unpaired) electrons. The van der Waals surface area contributed by atoms with Crippen LogP contribution in [-0.4, -0.2) is 4.98 Å². The predicted molar refractivity (Wildman–Crippen MR) is 64.8 cm³/mol. The van der Waals surface area contributed by atoms with E-state index in [1.807, 2.05) is 18.2 Å². The van der Waals surface area contributed by atoms with Crippen LogP contribution >= 0.6 is 11.3 Å². The molecule has 1 aromatic heterocycles. The zero-order valence-electron chi connectivity index (χ0n) is 8.68. The van der Waals surface area contributed by atoms with Crippen LogP contribution in [0.4, 0.5) is 0 Å². The zero-order valence-corrected chi connectivity index (χ0v) is 9.50. The van der Waals surface area contributed by atoms with Gasteiger partial charge in [0.1, 0.15) is 5.01 Å². The smallest absolute Gasteiger partial charge is 0.110 e. The summed E-state index contributed by atoms with van der Waals surface area (Å²) in [5.41, 5.74) is 8.12. The summed E-state index contributed by atoms with van der Waals surface area (Å²) in [4.78, 5) is 4.54. The summed E-state index contributed by atoms with van der Waals surface area (Å²) < 4.78 is 0. The molecule has 0 aliphatic rings. The molecule has 1 unspecified atom stereocenters. The maximum atomic E-state index is 5.93. The third-order valence-electron chi connectivity index (χ3n) is 2.35. The molecule has 0 bridgehead atoms. The minimum absolute atomic E-state index is 0.0764. The molecule has 2 aromatic rings. The maximum Gasteiger partial charge on any atom is 0.110 e. The van der Waals surface area contributed by atoms with Crippen LogP contribution in [0.5, 0.6) is 0 Å². The van der Waals surface area contributed by atoms with Gasteiger partial charge >= 0.3 is 0 Å². The number of thiazole rings is 1. The molecule has 78 valence electrons. The number of aromatic nitrogens is 1. The van der Waals surface area contributed by atoms with E-state index < -0.39 is 0 Å². The number of hydrogen-bond acceptors (Lipinski definition) is 3. The Hall–Kier alpha value is -1.19. The van der Waals surface area contributed by atoms with Gasteiger partial charge in [-0.1, -0.05) is 37.3 Å². The highest BCUT2D eigenvalue weighted by Gasteiger charge is 2.09. The van der Waals surface area contributed by atoms with Crippen molar-refractivity contribution in [1.29, 1.82) is 0 Å². The summed E-state index contributed by atoms with van der Waals surface area (Å²) in [6.45, 7) is 2.08. The first-order valence-corrected chi connectivity index (χ1v) is 5.95. The molecule has 0 spiro atoms. The first kappa shape index (κ1) is 10.3. The van der Waals surface area contributed by atoms with E-state index >= 15 is 0 Å². The molecule has 2 rings (SSSR count). The van der Waals surface area contributed by atoms with E-state index in [9.17, 15) is 0 Å². The molecule has 2 N–H and O–H groups in total. The largest absolute Gasteiger partial charge is 0.322 e. The highest BCUT2D eigenvalue weighted by molar-refractivity contribution is 7.10. The van der Waals surface area contributed by atoms with Gasteiger partial charge in [-0.3, -0.25) is 0 Å². The van der Waals surface area contributed by atoms with Crippen molar-refractivity contribution < 1.29 is 0 Å². The molecular formula is C12H14N2S. The Morgan fingerprint density at radius 1 is 1.33 bits per heavy atom. The lowest BCUT2D eigenvalue weighted by Gasteiger charge is -2.02. The molecule has 0 fully saturated rings. The van der Waals surface area contributed by atoms with Crippen LogP contribution in [0.15, 0.2) is 35.7 Å². The van der Waals surface area contributed by atoms with Crippen LogP contribution in [0.2, 0.25) is 0 Å². The Balaban J connectivity index is 2.28. The van der Waals surface area contributed by atoms with Crippen molar-refractivity contribution in [3.63, 3.8) is 0 Å². The van der Waals surface area contributed by atoms with E-state index in [0.717, 1.165) is 22.7 Å². The first-order valence-electron chi connectivity index (χ1n) is 5.07. The van der Waals surface area contributed by atoms with Gasteiger partial charge in [0.25, 0.3) is 0 Å². The molecule has 0 aliphatic heterocycles. The third kappa shape index (κ3) is 2.25. The molecule has 15 heavy (non-hydrogen) atoms. The fourth-order valence-corrected chi connectivity index (χ4v) is 2.29. The average Bonchev–Trinajstić information content (AvgIpc) is 2.78. The summed E-state index contributed by atoms with van der Waals surface area (Å²) in [5.74, 6) is 0. The minimum Gasteiger partial charge on any atom is -0.322 e. The molecule has 1 heterocycles. The fourth-order valence-electron chi connectivity index (χ4n) is 1.37. The lowest BCUT2D eigenvalue weighted by atomic mass is 10.2. The monoisotopic (exact) mass is 218 g/mol. The maximum absolute atomic E-state index is 5.93. The molecule has 1 aromatic carbocycles. The molecular weight excluding hydrogens is 204 g/mol. The van der Waals surface area contributed by atoms with Gasteiger partial charge in [-0.25, -0.2) is 4.98 Å². The Morgan fingerprint density at radius 3 is 2.73 bits per heavy atom. The van der Waals surface area contributed by atoms with E-state index in [4.69, 9.17) is 5.73 Å². The highest BCUT2D eigenvalue weighted by atomic mass is 32.1. The Labute approximate surface area is 93.8 Å². The molecule has 0 saturated carbocycles. The van der Waals surface area contributed by atoms with E-state index in [-0.39, 0.29) is 6.04 Å².